The summed E-state index contributed by atoms with van der Waals surface area (Å²) >= 11 is 0. The molecule has 14 heteroatoms. The second-order valence-electron chi connectivity index (χ2n) is 9.84. The highest BCUT2D eigenvalue weighted by Crippen LogP contribution is 2.31. The maximum atomic E-state index is 14.8. The Bertz CT molecular complexity index is 1750. The van der Waals surface area contributed by atoms with E-state index < -0.39 is 59.4 Å². The molecule has 4 rings (SSSR count). The molecule has 0 fully saturated rings. The zero-order valence-electron chi connectivity index (χ0n) is 23.1. The molecule has 0 spiro atoms. The molecule has 9 nitrogen and oxygen atoms in total. The molecule has 2 aromatic heterocycles. The number of aliphatic carboxylic acids is 1. The molecule has 3 N–H and O–H groups in total. The Morgan fingerprint density at radius 3 is 2.37 bits per heavy atom. The molecule has 2 heterocycles. The summed E-state index contributed by atoms with van der Waals surface area (Å²) in [6.45, 7) is 2.95. The number of carboxylic acids is 1. The SMILES string of the molecule is CC[C@@H](Nc1cc(F)c(C(=O)N[C@@H](Cc2ccc(-c3nn(C)c(=O)cc3C)c3ncccc23)C(=O)O)c(F)c1)C(F)(F)F. The van der Waals surface area contributed by atoms with Crippen LogP contribution < -0.4 is 16.2 Å². The normalized spacial score (nSPS) is 13.0. The standard InChI is InChI=1S/C29H26F5N5O4/c1-4-22(29(32,33)34)36-16-12-19(30)24(20(31)13-16)27(41)37-21(28(42)43)11-15-7-8-18(26-17(15)6-5-9-35-26)25-14(2)10-23(40)39(3)38-25/h5-10,12-13,21-22,36H,4,11H2,1-3H3,(H,37,41)(H,42,43)/t21-,22+/m0/s1. The summed E-state index contributed by atoms with van der Waals surface area (Å²) in [5.74, 6) is -5.85. The Morgan fingerprint density at radius 2 is 1.77 bits per heavy atom. The monoisotopic (exact) mass is 603 g/mol. The van der Waals surface area contributed by atoms with E-state index in [0.717, 1.165) is 0 Å². The van der Waals surface area contributed by atoms with Crippen LogP contribution in [0.5, 0.6) is 0 Å². The minimum Gasteiger partial charge on any atom is -0.480 e. The number of alkyl halides is 3. The lowest BCUT2D eigenvalue weighted by molar-refractivity contribution is -0.143. The van der Waals surface area contributed by atoms with Crippen LogP contribution in [0.1, 0.15) is 34.8 Å². The second kappa shape index (κ2) is 12.2. The fourth-order valence-corrected chi connectivity index (χ4v) is 4.63. The van der Waals surface area contributed by atoms with Gasteiger partial charge in [-0.25, -0.2) is 18.3 Å². The number of nitrogens with zero attached hydrogens (tertiary/aromatic N) is 3. The van der Waals surface area contributed by atoms with E-state index in [2.05, 4.69) is 15.4 Å². The van der Waals surface area contributed by atoms with Gasteiger partial charge in [-0.1, -0.05) is 25.1 Å². The molecular weight excluding hydrogens is 577 g/mol. The van der Waals surface area contributed by atoms with E-state index >= 15 is 0 Å². The van der Waals surface area contributed by atoms with Gasteiger partial charge in [-0.2, -0.15) is 18.3 Å². The number of rotatable bonds is 9. The van der Waals surface area contributed by atoms with Gasteiger partial charge in [-0.3, -0.25) is 14.6 Å². The molecule has 0 saturated carbocycles. The Hall–Kier alpha value is -4.88. The largest absolute Gasteiger partial charge is 0.480 e. The predicted octanol–water partition coefficient (Wildman–Crippen LogP) is 4.76. The predicted molar refractivity (Wildman–Crippen MR) is 148 cm³/mol. The van der Waals surface area contributed by atoms with Crippen molar-refractivity contribution >= 4 is 28.5 Å². The maximum absolute atomic E-state index is 14.8. The van der Waals surface area contributed by atoms with Crippen molar-refractivity contribution in [3.05, 3.63) is 87.3 Å². The molecule has 4 aromatic rings. The van der Waals surface area contributed by atoms with E-state index in [0.29, 0.717) is 45.4 Å². The number of benzene rings is 2. The van der Waals surface area contributed by atoms with Gasteiger partial charge in [0.25, 0.3) is 11.5 Å². The zero-order valence-corrected chi connectivity index (χ0v) is 23.1. The Morgan fingerprint density at radius 1 is 1.09 bits per heavy atom. The van der Waals surface area contributed by atoms with Gasteiger partial charge >= 0.3 is 12.1 Å². The lowest BCUT2D eigenvalue weighted by atomic mass is 9.96. The van der Waals surface area contributed by atoms with Crippen molar-refractivity contribution in [1.29, 1.82) is 0 Å². The topological polar surface area (TPSA) is 126 Å². The van der Waals surface area contributed by atoms with Crippen LogP contribution in [-0.2, 0) is 18.3 Å². The first kappa shape index (κ1) is 31.1. The third-order valence-corrected chi connectivity index (χ3v) is 6.84. The van der Waals surface area contributed by atoms with Crippen LogP contribution in [0.3, 0.4) is 0 Å². The lowest BCUT2D eigenvalue weighted by Crippen LogP contribution is -2.43. The number of aromatic nitrogens is 3. The van der Waals surface area contributed by atoms with Crippen molar-refractivity contribution in [2.24, 2.45) is 7.05 Å². The smallest absolute Gasteiger partial charge is 0.408 e. The molecule has 0 unspecified atom stereocenters. The van der Waals surface area contributed by atoms with Crippen LogP contribution in [-0.4, -0.2) is 50.0 Å². The van der Waals surface area contributed by atoms with Crippen LogP contribution in [0.4, 0.5) is 27.6 Å². The van der Waals surface area contributed by atoms with Gasteiger partial charge in [0, 0.05) is 42.4 Å². The number of halogens is 5. The molecule has 226 valence electrons. The number of hydrogen-bond acceptors (Lipinski definition) is 6. The lowest BCUT2D eigenvalue weighted by Gasteiger charge is -2.22. The first-order valence-electron chi connectivity index (χ1n) is 13.0. The molecule has 0 aliphatic heterocycles. The molecule has 0 aliphatic rings. The number of fused-ring (bicyclic) bond motifs is 1. The molecule has 43 heavy (non-hydrogen) atoms. The third-order valence-electron chi connectivity index (χ3n) is 6.84. The number of pyridine rings is 1. The first-order valence-corrected chi connectivity index (χ1v) is 13.0. The van der Waals surface area contributed by atoms with E-state index in [9.17, 15) is 41.4 Å². The summed E-state index contributed by atoms with van der Waals surface area (Å²) < 4.78 is 70.0. The highest BCUT2D eigenvalue weighted by Gasteiger charge is 2.38. The molecule has 0 radical (unpaired) electrons. The van der Waals surface area contributed by atoms with Gasteiger partial charge < -0.3 is 15.7 Å². The maximum Gasteiger partial charge on any atom is 0.408 e. The minimum atomic E-state index is -4.68. The van der Waals surface area contributed by atoms with Crippen molar-refractivity contribution in [3.8, 4) is 11.3 Å². The van der Waals surface area contributed by atoms with Crippen LogP contribution >= 0.6 is 0 Å². The molecule has 1 amide bonds. The number of carbonyl (C=O) groups is 2. The summed E-state index contributed by atoms with van der Waals surface area (Å²) in [7, 11) is 1.50. The zero-order chi connectivity index (χ0) is 31.6. The summed E-state index contributed by atoms with van der Waals surface area (Å²) in [5.41, 5.74) is 0.520. The van der Waals surface area contributed by atoms with Gasteiger partial charge in [-0.05, 0) is 42.7 Å². The quantitative estimate of drug-likeness (QED) is 0.236. The van der Waals surface area contributed by atoms with Crippen molar-refractivity contribution < 1.29 is 36.6 Å². The second-order valence-corrected chi connectivity index (χ2v) is 9.84. The molecule has 0 saturated heterocycles. The molecule has 0 bridgehead atoms. The van der Waals surface area contributed by atoms with Crippen LogP contribution in [0, 0.1) is 18.6 Å². The number of hydrogen-bond donors (Lipinski definition) is 3. The highest BCUT2D eigenvalue weighted by molar-refractivity contribution is 5.98. The number of anilines is 1. The Balaban J connectivity index is 1.63. The molecular formula is C29H26F5N5O4. The van der Waals surface area contributed by atoms with E-state index in [4.69, 9.17) is 0 Å². The van der Waals surface area contributed by atoms with Crippen molar-refractivity contribution in [2.75, 3.05) is 5.32 Å². The van der Waals surface area contributed by atoms with E-state index in [1.807, 2.05) is 5.32 Å². The van der Waals surface area contributed by atoms with E-state index in [1.54, 1.807) is 31.2 Å². The first-order chi connectivity index (χ1) is 20.2. The van der Waals surface area contributed by atoms with Crippen molar-refractivity contribution in [3.63, 3.8) is 0 Å². The summed E-state index contributed by atoms with van der Waals surface area (Å²) in [6.07, 6.45) is -3.89. The number of carbonyl (C=O) groups excluding carboxylic acids is 1. The third kappa shape index (κ3) is 6.63. The van der Waals surface area contributed by atoms with Gasteiger partial charge in [0.1, 0.15) is 29.3 Å². The number of carboxylic acid groups (broad SMARTS) is 1. The molecule has 2 atom stereocenters. The summed E-state index contributed by atoms with van der Waals surface area (Å²) in [4.78, 5) is 41.3. The van der Waals surface area contributed by atoms with Crippen LogP contribution in [0.2, 0.25) is 0 Å². The van der Waals surface area contributed by atoms with Gasteiger partial charge in [0.2, 0.25) is 0 Å². The summed E-state index contributed by atoms with van der Waals surface area (Å²) in [6, 6.07) is 5.30. The fraction of sp³-hybridized carbons (Fsp3) is 0.276. The molecule has 2 aromatic carbocycles. The van der Waals surface area contributed by atoms with Gasteiger partial charge in [-0.15, -0.1) is 0 Å². The van der Waals surface area contributed by atoms with Gasteiger partial charge in [0.15, 0.2) is 0 Å². The van der Waals surface area contributed by atoms with Crippen LogP contribution in [0.15, 0.2) is 53.5 Å². The number of aryl methyl sites for hydroxylation is 2. The van der Waals surface area contributed by atoms with Crippen molar-refractivity contribution in [1.82, 2.24) is 20.1 Å². The van der Waals surface area contributed by atoms with E-state index in [1.165, 1.54) is 30.9 Å². The average Bonchev–Trinajstić information content (AvgIpc) is 2.92. The Kier molecular flexibility index (Phi) is 8.78. The number of amides is 1. The fourth-order valence-electron chi connectivity index (χ4n) is 4.63. The molecule has 0 aliphatic carbocycles. The summed E-state index contributed by atoms with van der Waals surface area (Å²) in [5, 5.41) is 18.8. The van der Waals surface area contributed by atoms with Crippen molar-refractivity contribution in [2.45, 2.75) is 44.9 Å². The van der Waals surface area contributed by atoms with E-state index in [-0.39, 0.29) is 12.0 Å². The van der Waals surface area contributed by atoms with Crippen LogP contribution in [0.25, 0.3) is 22.2 Å². The van der Waals surface area contributed by atoms with Gasteiger partial charge in [0.05, 0.1) is 11.2 Å². The minimum absolute atomic E-state index is 0.305. The average molecular weight is 604 g/mol. The highest BCUT2D eigenvalue weighted by atomic mass is 19.4. The number of nitrogens with one attached hydrogen (secondary N) is 2. The Labute approximate surface area is 241 Å².